The summed E-state index contributed by atoms with van der Waals surface area (Å²) in [5, 5.41) is 1.09. The van der Waals surface area contributed by atoms with Crippen molar-refractivity contribution in [2.45, 2.75) is 163 Å². The zero-order valence-electron chi connectivity index (χ0n) is 38.5. The molecule has 0 aliphatic rings. The first-order valence-corrected chi connectivity index (χ1v) is 19.6. The molecular formula is C35H13F47N2O2. The summed E-state index contributed by atoms with van der Waals surface area (Å²) in [6.45, 7) is 0.741. The maximum atomic E-state index is 14.6. The molecule has 0 fully saturated rings. The maximum absolute atomic E-state index is 14.6. The predicted octanol–water partition coefficient (Wildman–Crippen LogP) is 17.0. The molecule has 0 spiro atoms. The highest BCUT2D eigenvalue weighted by Crippen LogP contribution is 2.72. The second-order valence-corrected chi connectivity index (χ2v) is 17.0. The summed E-state index contributed by atoms with van der Waals surface area (Å²) in [4.78, 5) is 25.9. The first-order valence-electron chi connectivity index (χ1n) is 19.6. The summed E-state index contributed by atoms with van der Waals surface area (Å²) < 4.78 is 659. The Morgan fingerprint density at radius 2 is 0.558 bits per heavy atom. The summed E-state index contributed by atoms with van der Waals surface area (Å²) in [5.74, 6) is -227. The van der Waals surface area contributed by atoms with Crippen molar-refractivity contribution < 1.29 is 216 Å². The van der Waals surface area contributed by atoms with E-state index in [9.17, 15) is 216 Å². The monoisotopic (exact) mass is 1390 g/mol. The van der Waals surface area contributed by atoms with Gasteiger partial charge in [-0.15, -0.1) is 0 Å². The fraction of sp³-hybridized carbons (Fsp3) is 0.771. The fourth-order valence-corrected chi connectivity index (χ4v) is 6.10. The van der Waals surface area contributed by atoms with Gasteiger partial charge in [0.05, 0.1) is 11.3 Å². The highest BCUT2D eigenvalue weighted by molar-refractivity contribution is 6.00. The van der Waals surface area contributed by atoms with E-state index in [1.54, 1.807) is 0 Å². The highest BCUT2D eigenvalue weighted by Gasteiger charge is 3.04. The van der Waals surface area contributed by atoms with Crippen LogP contribution >= 0.6 is 0 Å². The lowest BCUT2D eigenvalue weighted by molar-refractivity contribution is -0.498. The highest BCUT2D eigenvalue weighted by atomic mass is 19.4. The standard InChI is InChI=1S/C35H13F47N2O2/c1-8-4-3-5-10(83-7-85)11(8)12(86)84-9(2)6-13(36,37)14(38,39)15(40,41)16(42,43)17(44,45)18(46,47)19(48,49)20(50,51)21(52,53)22(54,55)23(56,57)24(58,59)25(60,61)26(62,63)27(64,65)28(66,67)29(68,69)30(70,71)31(72,73)32(74,75)33(76,77)34(78,79)35(80,81)82/h3-5,9H,6H2,1-2H3,(H,84,86). The van der Waals surface area contributed by atoms with Crippen molar-refractivity contribution in [3.8, 4) is 0 Å². The molecular weight excluding hydrogens is 1370 g/mol. The molecule has 1 amide bonds. The largest absolute Gasteiger partial charge is 0.460 e. The second-order valence-electron chi connectivity index (χ2n) is 17.0. The van der Waals surface area contributed by atoms with Crippen molar-refractivity contribution >= 4 is 17.7 Å². The van der Waals surface area contributed by atoms with E-state index in [0.717, 1.165) is 30.5 Å². The molecule has 1 rings (SSSR count). The third kappa shape index (κ3) is 9.60. The van der Waals surface area contributed by atoms with Crippen LogP contribution in [-0.2, 0) is 4.79 Å². The number of carbonyl (C=O) groups is 1. The molecule has 4 nitrogen and oxygen atoms in total. The van der Waals surface area contributed by atoms with Crippen LogP contribution in [0.25, 0.3) is 0 Å². The number of nitrogens with zero attached hydrogens (tertiary/aromatic N) is 1. The van der Waals surface area contributed by atoms with E-state index in [2.05, 4.69) is 4.99 Å². The number of hydrogen-bond donors (Lipinski definition) is 1. The van der Waals surface area contributed by atoms with E-state index in [0.29, 0.717) is 6.07 Å². The minimum absolute atomic E-state index is 0.114. The van der Waals surface area contributed by atoms with Gasteiger partial charge in [-0.25, -0.2) is 4.79 Å². The molecule has 0 heterocycles. The number of aryl methyl sites for hydroxylation is 1. The van der Waals surface area contributed by atoms with Gasteiger partial charge >= 0.3 is 136 Å². The average molecular weight is 1390 g/mol. The van der Waals surface area contributed by atoms with E-state index in [1.165, 1.54) is 0 Å². The molecule has 0 aliphatic carbocycles. The fourth-order valence-electron chi connectivity index (χ4n) is 6.10. The van der Waals surface area contributed by atoms with Crippen LogP contribution in [-0.4, -0.2) is 155 Å². The van der Waals surface area contributed by atoms with Crippen molar-refractivity contribution in [3.63, 3.8) is 0 Å². The van der Waals surface area contributed by atoms with Crippen molar-refractivity contribution in [1.29, 1.82) is 0 Å². The summed E-state index contributed by atoms with van der Waals surface area (Å²) in [6, 6.07) is -0.651. The summed E-state index contributed by atoms with van der Waals surface area (Å²) in [5.41, 5.74) is -2.30. The first kappa shape index (κ1) is 78.8. The van der Waals surface area contributed by atoms with Crippen molar-refractivity contribution in [1.82, 2.24) is 5.32 Å². The lowest BCUT2D eigenvalue weighted by Gasteiger charge is -2.47. The average Bonchev–Trinajstić information content (AvgIpc) is 0.707. The first-order chi connectivity index (χ1) is 36.7. The Morgan fingerprint density at radius 3 is 0.756 bits per heavy atom. The van der Waals surface area contributed by atoms with Crippen LogP contribution in [0.5, 0.6) is 0 Å². The van der Waals surface area contributed by atoms with E-state index in [1.807, 2.05) is 0 Å². The van der Waals surface area contributed by atoms with E-state index >= 15 is 0 Å². The molecule has 0 radical (unpaired) electrons. The Bertz CT molecular complexity index is 2710. The van der Waals surface area contributed by atoms with Gasteiger partial charge in [-0.1, -0.05) is 12.1 Å². The van der Waals surface area contributed by atoms with Gasteiger partial charge in [-0.3, -0.25) is 4.79 Å². The van der Waals surface area contributed by atoms with Gasteiger partial charge in [0, 0.05) is 12.5 Å². The van der Waals surface area contributed by atoms with Crippen molar-refractivity contribution in [2.75, 3.05) is 0 Å². The normalized spacial score (nSPS) is 16.7. The minimum atomic E-state index is -10.9. The van der Waals surface area contributed by atoms with Crippen LogP contribution in [0, 0.1) is 6.92 Å². The van der Waals surface area contributed by atoms with E-state index < -0.39 is 172 Å². The molecule has 0 aromatic heterocycles. The Hall–Kier alpha value is -5.22. The Balaban J connectivity index is 4.11. The topological polar surface area (TPSA) is 58.5 Å². The molecule has 1 atom stereocenters. The quantitative estimate of drug-likeness (QED) is 0.0571. The summed E-state index contributed by atoms with van der Waals surface area (Å²) in [6.07, 6.45) is -11.4. The van der Waals surface area contributed by atoms with Gasteiger partial charge < -0.3 is 5.32 Å². The van der Waals surface area contributed by atoms with Crippen LogP contribution in [0.15, 0.2) is 23.2 Å². The molecule has 1 unspecified atom stereocenters. The summed E-state index contributed by atoms with van der Waals surface area (Å²) >= 11 is 0. The van der Waals surface area contributed by atoms with Crippen molar-refractivity contribution in [2.24, 2.45) is 4.99 Å². The number of halogens is 47. The molecule has 1 N–H and O–H groups in total. The van der Waals surface area contributed by atoms with Gasteiger partial charge in [-0.05, 0) is 25.5 Å². The molecule has 0 saturated carbocycles. The third-order valence-corrected chi connectivity index (χ3v) is 11.3. The van der Waals surface area contributed by atoms with Crippen LogP contribution in [0.3, 0.4) is 0 Å². The zero-order valence-corrected chi connectivity index (χ0v) is 38.5. The van der Waals surface area contributed by atoms with Gasteiger partial charge in [0.2, 0.25) is 6.08 Å². The summed E-state index contributed by atoms with van der Waals surface area (Å²) in [7, 11) is 0. The number of benzene rings is 1. The van der Waals surface area contributed by atoms with Gasteiger partial charge in [-0.2, -0.15) is 211 Å². The number of rotatable bonds is 26. The van der Waals surface area contributed by atoms with Crippen LogP contribution in [0.4, 0.5) is 212 Å². The molecule has 0 bridgehead atoms. The van der Waals surface area contributed by atoms with E-state index in [4.69, 9.17) is 0 Å². The zero-order chi connectivity index (χ0) is 70.3. The molecule has 86 heavy (non-hydrogen) atoms. The number of hydrogen-bond acceptors (Lipinski definition) is 3. The Morgan fingerprint density at radius 1 is 0.360 bits per heavy atom. The predicted molar refractivity (Wildman–Crippen MR) is 175 cm³/mol. The number of nitrogens with one attached hydrogen (secondary N) is 1. The van der Waals surface area contributed by atoms with Gasteiger partial charge in [0.15, 0.2) is 0 Å². The van der Waals surface area contributed by atoms with Crippen molar-refractivity contribution in [3.05, 3.63) is 29.3 Å². The number of alkyl halides is 47. The van der Waals surface area contributed by atoms with Gasteiger partial charge in [0.1, 0.15) is 0 Å². The number of carbonyl (C=O) groups excluding carboxylic acids is 2. The molecule has 504 valence electrons. The SMILES string of the molecule is Cc1cccc(N=C=O)c1C(=O)NC(C)CC(F)(F)C(F)(F)C(F)(F)C(F)(F)C(F)(F)C(F)(F)C(F)(F)C(F)(F)C(F)(F)C(F)(F)C(F)(F)C(F)(F)C(F)(F)C(F)(F)C(F)(F)C(F)(F)C(F)(F)C(F)(F)C(F)(F)C(F)(F)C(F)(F)C(F)(F)C(F)(F)F. The molecule has 0 aliphatic heterocycles. The Labute approximate surface area is 437 Å². The maximum Gasteiger partial charge on any atom is 0.460 e. The lowest BCUT2D eigenvalue weighted by Crippen LogP contribution is -2.81. The Kier molecular flexibility index (Phi) is 18.9. The van der Waals surface area contributed by atoms with Gasteiger partial charge in [0.25, 0.3) is 5.91 Å². The lowest BCUT2D eigenvalue weighted by atomic mass is 9.81. The van der Waals surface area contributed by atoms with Crippen LogP contribution in [0.1, 0.15) is 29.3 Å². The number of amides is 1. The molecule has 51 heteroatoms. The number of isocyanates is 1. The number of aliphatic imine (C=N–C) groups is 1. The minimum Gasteiger partial charge on any atom is -0.349 e. The second kappa shape index (κ2) is 20.7. The van der Waals surface area contributed by atoms with E-state index in [-0.39, 0.29) is 6.92 Å². The molecule has 1 aromatic rings. The third-order valence-electron chi connectivity index (χ3n) is 11.3. The van der Waals surface area contributed by atoms with Crippen LogP contribution < -0.4 is 5.32 Å². The smallest absolute Gasteiger partial charge is 0.349 e. The molecule has 1 aromatic carbocycles. The molecule has 0 saturated heterocycles. The van der Waals surface area contributed by atoms with Crippen LogP contribution in [0.2, 0.25) is 0 Å².